The molecule has 170 valence electrons. The summed E-state index contributed by atoms with van der Waals surface area (Å²) in [6.07, 6.45) is -1.95. The predicted octanol–water partition coefficient (Wildman–Crippen LogP) is 6.90. The second kappa shape index (κ2) is 9.70. The fourth-order valence-electron chi connectivity index (χ4n) is 3.82. The third-order valence-electron chi connectivity index (χ3n) is 5.21. The summed E-state index contributed by atoms with van der Waals surface area (Å²) < 4.78 is 46.7. The molecule has 8 heteroatoms. The number of nitrogens with one attached hydrogen (secondary N) is 1. The van der Waals surface area contributed by atoms with E-state index in [1.54, 1.807) is 12.2 Å². The number of ether oxygens (including phenoxy) is 2. The van der Waals surface area contributed by atoms with Gasteiger partial charge in [0.15, 0.2) is 0 Å². The SMILES string of the molecule is O=C(NCC=Cc1ccc(OC(F)(F)F)cc1Br)OCC1c2ccccc2-c2ccccc21. The van der Waals surface area contributed by atoms with Crippen LogP contribution in [0.15, 0.2) is 77.3 Å². The summed E-state index contributed by atoms with van der Waals surface area (Å²) in [6, 6.07) is 20.1. The first-order valence-electron chi connectivity index (χ1n) is 10.1. The maximum Gasteiger partial charge on any atom is 0.573 e. The topological polar surface area (TPSA) is 47.6 Å². The number of halogens is 4. The molecule has 1 N–H and O–H groups in total. The molecule has 3 aromatic rings. The van der Waals surface area contributed by atoms with E-state index in [1.807, 2.05) is 36.4 Å². The monoisotopic (exact) mass is 517 g/mol. The molecule has 0 bridgehead atoms. The largest absolute Gasteiger partial charge is 0.573 e. The molecule has 1 amide bonds. The molecule has 0 spiro atoms. The number of alkyl carbamates (subject to hydrolysis) is 1. The minimum atomic E-state index is -4.75. The molecule has 33 heavy (non-hydrogen) atoms. The maximum absolute atomic E-state index is 12.3. The van der Waals surface area contributed by atoms with Crippen molar-refractivity contribution in [3.8, 4) is 16.9 Å². The molecule has 3 aromatic carbocycles. The highest BCUT2D eigenvalue weighted by Crippen LogP contribution is 2.44. The average molecular weight is 518 g/mol. The highest BCUT2D eigenvalue weighted by molar-refractivity contribution is 9.10. The van der Waals surface area contributed by atoms with Crippen molar-refractivity contribution in [2.45, 2.75) is 12.3 Å². The Balaban J connectivity index is 1.30. The van der Waals surface area contributed by atoms with E-state index in [4.69, 9.17) is 4.74 Å². The Labute approximate surface area is 197 Å². The number of hydrogen-bond acceptors (Lipinski definition) is 3. The number of amides is 1. The Morgan fingerprint density at radius 1 is 1.00 bits per heavy atom. The van der Waals surface area contributed by atoms with E-state index in [2.05, 4.69) is 38.1 Å². The highest BCUT2D eigenvalue weighted by atomic mass is 79.9. The van der Waals surface area contributed by atoms with Gasteiger partial charge in [0.05, 0.1) is 0 Å². The van der Waals surface area contributed by atoms with Crippen LogP contribution in [0.25, 0.3) is 17.2 Å². The van der Waals surface area contributed by atoms with Gasteiger partial charge in [-0.3, -0.25) is 0 Å². The lowest BCUT2D eigenvalue weighted by atomic mass is 9.98. The van der Waals surface area contributed by atoms with Crippen LogP contribution >= 0.6 is 15.9 Å². The van der Waals surface area contributed by atoms with Gasteiger partial charge in [-0.05, 0) is 39.9 Å². The van der Waals surface area contributed by atoms with Crippen molar-refractivity contribution in [3.05, 3.63) is 94.0 Å². The van der Waals surface area contributed by atoms with Crippen LogP contribution < -0.4 is 10.1 Å². The van der Waals surface area contributed by atoms with Crippen LogP contribution in [-0.2, 0) is 4.74 Å². The summed E-state index contributed by atoms with van der Waals surface area (Å²) in [6.45, 7) is 0.416. The normalized spacial score (nSPS) is 13.0. The lowest BCUT2D eigenvalue weighted by Gasteiger charge is -2.14. The molecule has 1 aliphatic carbocycles. The van der Waals surface area contributed by atoms with Crippen molar-refractivity contribution in [2.24, 2.45) is 0 Å². The summed E-state index contributed by atoms with van der Waals surface area (Å²) in [5.41, 5.74) is 5.21. The van der Waals surface area contributed by atoms with Gasteiger partial charge in [-0.25, -0.2) is 4.79 Å². The number of carbonyl (C=O) groups excluding carboxylic acids is 1. The minimum absolute atomic E-state index is 0.0212. The third-order valence-corrected chi connectivity index (χ3v) is 5.90. The Morgan fingerprint density at radius 2 is 1.64 bits per heavy atom. The molecule has 4 rings (SSSR count). The number of hydrogen-bond donors (Lipinski definition) is 1. The van der Waals surface area contributed by atoms with Crippen LogP contribution in [0.3, 0.4) is 0 Å². The molecule has 4 nitrogen and oxygen atoms in total. The molecule has 0 fully saturated rings. The molecular formula is C25H19BrF3NO3. The number of carbonyl (C=O) groups is 1. The van der Waals surface area contributed by atoms with Crippen molar-refractivity contribution in [3.63, 3.8) is 0 Å². The van der Waals surface area contributed by atoms with E-state index in [9.17, 15) is 18.0 Å². The van der Waals surface area contributed by atoms with E-state index < -0.39 is 12.5 Å². The van der Waals surface area contributed by atoms with E-state index in [0.717, 1.165) is 22.3 Å². The van der Waals surface area contributed by atoms with Gasteiger partial charge < -0.3 is 14.8 Å². The molecular weight excluding hydrogens is 499 g/mol. The summed E-state index contributed by atoms with van der Waals surface area (Å²) >= 11 is 3.21. The van der Waals surface area contributed by atoms with Crippen LogP contribution in [0, 0.1) is 0 Å². The van der Waals surface area contributed by atoms with Crippen LogP contribution in [-0.4, -0.2) is 25.6 Å². The first-order chi connectivity index (χ1) is 15.8. The quantitative estimate of drug-likeness (QED) is 0.386. The zero-order chi connectivity index (χ0) is 23.4. The van der Waals surface area contributed by atoms with Crippen molar-refractivity contribution in [2.75, 3.05) is 13.2 Å². The van der Waals surface area contributed by atoms with Gasteiger partial charge in [-0.1, -0.05) is 82.7 Å². The summed E-state index contributed by atoms with van der Waals surface area (Å²) in [4.78, 5) is 12.2. The number of alkyl halides is 3. The third kappa shape index (κ3) is 5.57. The summed E-state index contributed by atoms with van der Waals surface area (Å²) in [5.74, 6) is -0.338. The van der Waals surface area contributed by atoms with Gasteiger partial charge in [-0.15, -0.1) is 13.2 Å². The lowest BCUT2D eigenvalue weighted by Crippen LogP contribution is -2.26. The molecule has 1 aliphatic rings. The zero-order valence-corrected chi connectivity index (χ0v) is 18.8. The van der Waals surface area contributed by atoms with Gasteiger partial charge >= 0.3 is 12.5 Å². The Morgan fingerprint density at radius 3 is 2.24 bits per heavy atom. The molecule has 0 unspecified atom stereocenters. The minimum Gasteiger partial charge on any atom is -0.449 e. The van der Waals surface area contributed by atoms with Crippen molar-refractivity contribution in [1.82, 2.24) is 5.32 Å². The van der Waals surface area contributed by atoms with Crippen LogP contribution in [0.1, 0.15) is 22.6 Å². The van der Waals surface area contributed by atoms with Crippen LogP contribution in [0.4, 0.5) is 18.0 Å². The Hall–Kier alpha value is -3.26. The van der Waals surface area contributed by atoms with Crippen molar-refractivity contribution in [1.29, 1.82) is 0 Å². The van der Waals surface area contributed by atoms with Gasteiger partial charge in [0.25, 0.3) is 0 Å². The first kappa shape index (κ1) is 22.9. The number of benzene rings is 3. The van der Waals surface area contributed by atoms with Gasteiger partial charge in [0.2, 0.25) is 0 Å². The summed E-state index contributed by atoms with van der Waals surface area (Å²) in [5, 5.41) is 2.65. The second-order valence-electron chi connectivity index (χ2n) is 7.34. The van der Waals surface area contributed by atoms with Crippen molar-refractivity contribution < 1.29 is 27.4 Å². The van der Waals surface area contributed by atoms with E-state index in [1.165, 1.54) is 18.2 Å². The lowest BCUT2D eigenvalue weighted by molar-refractivity contribution is -0.274. The van der Waals surface area contributed by atoms with Gasteiger partial charge in [0.1, 0.15) is 12.4 Å². The van der Waals surface area contributed by atoms with Gasteiger partial charge in [0, 0.05) is 16.9 Å². The molecule has 0 heterocycles. The Kier molecular flexibility index (Phi) is 6.74. The average Bonchev–Trinajstić information content (AvgIpc) is 3.09. The van der Waals surface area contributed by atoms with Crippen LogP contribution in [0.5, 0.6) is 5.75 Å². The Bertz CT molecular complexity index is 1150. The summed E-state index contributed by atoms with van der Waals surface area (Å²) in [7, 11) is 0. The maximum atomic E-state index is 12.3. The van der Waals surface area contributed by atoms with E-state index in [-0.39, 0.29) is 24.8 Å². The van der Waals surface area contributed by atoms with E-state index in [0.29, 0.717) is 10.0 Å². The molecule has 0 saturated heterocycles. The smallest absolute Gasteiger partial charge is 0.449 e. The predicted molar refractivity (Wildman–Crippen MR) is 123 cm³/mol. The molecule has 0 aromatic heterocycles. The van der Waals surface area contributed by atoms with Gasteiger partial charge in [-0.2, -0.15) is 0 Å². The molecule has 0 aliphatic heterocycles. The van der Waals surface area contributed by atoms with E-state index >= 15 is 0 Å². The number of fused-ring (bicyclic) bond motifs is 3. The highest BCUT2D eigenvalue weighted by Gasteiger charge is 2.31. The second-order valence-corrected chi connectivity index (χ2v) is 8.19. The molecule has 0 radical (unpaired) electrons. The number of rotatable bonds is 6. The van der Waals surface area contributed by atoms with Crippen molar-refractivity contribution >= 4 is 28.1 Å². The fourth-order valence-corrected chi connectivity index (χ4v) is 4.31. The first-order valence-corrected chi connectivity index (χ1v) is 10.9. The molecule has 0 saturated carbocycles. The fraction of sp³-hybridized carbons (Fsp3) is 0.160. The standard InChI is InChI=1S/C25H19BrF3NO3/c26-23-14-17(33-25(27,28)29)12-11-16(23)6-5-13-30-24(31)32-15-22-20-9-3-1-7-18(20)19-8-2-4-10-21(19)22/h1-12,14,22H,13,15H2,(H,30,31). The zero-order valence-electron chi connectivity index (χ0n) is 17.2. The molecule has 0 atom stereocenters. The van der Waals surface area contributed by atoms with Crippen LogP contribution in [0.2, 0.25) is 0 Å².